The summed E-state index contributed by atoms with van der Waals surface area (Å²) in [6.45, 7) is 1.75. The molecule has 0 aliphatic heterocycles. The number of benzene rings is 1. The van der Waals surface area contributed by atoms with Gasteiger partial charge in [0.15, 0.2) is 0 Å². The van der Waals surface area contributed by atoms with Crippen LogP contribution in [0.5, 0.6) is 5.75 Å². The molecule has 20 heavy (non-hydrogen) atoms. The molecule has 0 aromatic heterocycles. The fourth-order valence-corrected chi connectivity index (χ4v) is 3.09. The van der Waals surface area contributed by atoms with Gasteiger partial charge in [-0.25, -0.2) is 0 Å². The second-order valence-electron chi connectivity index (χ2n) is 5.58. The first-order valence-electron chi connectivity index (χ1n) is 7.45. The van der Waals surface area contributed by atoms with Gasteiger partial charge in [-0.3, -0.25) is 0 Å². The Labute approximate surface area is 130 Å². The smallest absolute Gasteiger partial charge is 0.119 e. The number of halogens is 1. The fourth-order valence-electron chi connectivity index (χ4n) is 2.83. The summed E-state index contributed by atoms with van der Waals surface area (Å²) in [4.78, 5) is 2.45. The van der Waals surface area contributed by atoms with Crippen molar-refractivity contribution in [1.29, 1.82) is 0 Å². The van der Waals surface area contributed by atoms with E-state index in [1.807, 2.05) is 24.3 Å². The number of likely N-dealkylation sites (N-methyl/N-ethyl adjacent to an activating group) is 1. The number of ether oxygens (including phenoxy) is 1. The average molecular weight is 341 g/mol. The van der Waals surface area contributed by atoms with E-state index in [0.717, 1.165) is 29.4 Å². The standard InChI is InChI=1S/C16H25BrN2O/c1-18-14-5-7-15(8-6-14)19(2)11-12-20-16-9-3-13(17)4-10-16/h3-4,9-10,14-15,18H,5-8,11-12H2,1-2H3. The first kappa shape index (κ1) is 15.8. The van der Waals surface area contributed by atoms with Crippen LogP contribution in [0, 0.1) is 0 Å². The van der Waals surface area contributed by atoms with E-state index in [-0.39, 0.29) is 0 Å². The zero-order chi connectivity index (χ0) is 14.4. The maximum atomic E-state index is 5.79. The van der Waals surface area contributed by atoms with Gasteiger partial charge in [0.1, 0.15) is 12.4 Å². The highest BCUT2D eigenvalue weighted by molar-refractivity contribution is 9.10. The molecule has 0 saturated heterocycles. The quantitative estimate of drug-likeness (QED) is 0.859. The molecule has 4 heteroatoms. The van der Waals surface area contributed by atoms with Gasteiger partial charge in [0.2, 0.25) is 0 Å². The third-order valence-corrected chi connectivity index (χ3v) is 4.78. The number of rotatable bonds is 6. The summed E-state index contributed by atoms with van der Waals surface area (Å²) in [5, 5.41) is 3.39. The van der Waals surface area contributed by atoms with E-state index < -0.39 is 0 Å². The summed E-state index contributed by atoms with van der Waals surface area (Å²) < 4.78 is 6.88. The summed E-state index contributed by atoms with van der Waals surface area (Å²) >= 11 is 3.43. The molecule has 0 spiro atoms. The molecular formula is C16H25BrN2O. The molecule has 0 radical (unpaired) electrons. The van der Waals surface area contributed by atoms with Crippen molar-refractivity contribution < 1.29 is 4.74 Å². The third kappa shape index (κ3) is 4.76. The van der Waals surface area contributed by atoms with Gasteiger partial charge in [-0.15, -0.1) is 0 Å². The van der Waals surface area contributed by atoms with Crippen LogP contribution in [0.25, 0.3) is 0 Å². The van der Waals surface area contributed by atoms with Gasteiger partial charge in [-0.05, 0) is 64.0 Å². The molecular weight excluding hydrogens is 316 g/mol. The molecule has 1 aromatic carbocycles. The lowest BCUT2D eigenvalue weighted by Crippen LogP contribution is -2.41. The zero-order valence-corrected chi connectivity index (χ0v) is 14.0. The van der Waals surface area contributed by atoms with Crippen LogP contribution in [0.3, 0.4) is 0 Å². The van der Waals surface area contributed by atoms with Crippen LogP contribution in [0.4, 0.5) is 0 Å². The van der Waals surface area contributed by atoms with E-state index in [0.29, 0.717) is 6.04 Å². The number of hydrogen-bond donors (Lipinski definition) is 1. The lowest BCUT2D eigenvalue weighted by Gasteiger charge is -2.34. The molecule has 112 valence electrons. The van der Waals surface area contributed by atoms with E-state index >= 15 is 0 Å². The van der Waals surface area contributed by atoms with Crippen molar-refractivity contribution in [3.8, 4) is 5.75 Å². The normalized spacial score (nSPS) is 23.0. The Kier molecular flexibility index (Phi) is 6.33. The van der Waals surface area contributed by atoms with Gasteiger partial charge < -0.3 is 15.0 Å². The van der Waals surface area contributed by atoms with Gasteiger partial charge in [0.25, 0.3) is 0 Å². The molecule has 0 unspecified atom stereocenters. The molecule has 2 rings (SSSR count). The van der Waals surface area contributed by atoms with Crippen LogP contribution < -0.4 is 10.1 Å². The Bertz CT molecular complexity index is 388. The molecule has 1 aliphatic carbocycles. The van der Waals surface area contributed by atoms with Crippen molar-refractivity contribution >= 4 is 15.9 Å². The van der Waals surface area contributed by atoms with E-state index in [4.69, 9.17) is 4.74 Å². The Balaban J connectivity index is 1.67. The molecule has 1 aromatic rings. The minimum absolute atomic E-state index is 0.716. The predicted octanol–water partition coefficient (Wildman–Crippen LogP) is 3.29. The molecule has 0 heterocycles. The lowest BCUT2D eigenvalue weighted by molar-refractivity contribution is 0.150. The summed E-state index contributed by atoms with van der Waals surface area (Å²) in [5.74, 6) is 0.945. The average Bonchev–Trinajstić information content (AvgIpc) is 2.49. The van der Waals surface area contributed by atoms with Crippen LogP contribution in [0.2, 0.25) is 0 Å². The Hall–Kier alpha value is -0.580. The van der Waals surface area contributed by atoms with E-state index in [2.05, 4.69) is 40.2 Å². The maximum absolute atomic E-state index is 5.79. The largest absolute Gasteiger partial charge is 0.492 e. The lowest BCUT2D eigenvalue weighted by atomic mass is 9.90. The molecule has 0 atom stereocenters. The summed E-state index contributed by atoms with van der Waals surface area (Å²) in [6, 6.07) is 9.47. The summed E-state index contributed by atoms with van der Waals surface area (Å²) in [5.41, 5.74) is 0. The van der Waals surface area contributed by atoms with E-state index in [9.17, 15) is 0 Å². The first-order valence-corrected chi connectivity index (χ1v) is 8.24. The van der Waals surface area contributed by atoms with Crippen molar-refractivity contribution in [2.75, 3.05) is 27.2 Å². The van der Waals surface area contributed by atoms with Crippen LogP contribution in [-0.4, -0.2) is 44.2 Å². The minimum atomic E-state index is 0.716. The number of nitrogens with zero attached hydrogens (tertiary/aromatic N) is 1. The van der Waals surface area contributed by atoms with Gasteiger partial charge >= 0.3 is 0 Å². The van der Waals surface area contributed by atoms with Gasteiger partial charge in [-0.1, -0.05) is 15.9 Å². The molecule has 1 saturated carbocycles. The van der Waals surface area contributed by atoms with Gasteiger partial charge in [0.05, 0.1) is 0 Å². The molecule has 3 nitrogen and oxygen atoms in total. The second kappa shape index (κ2) is 8.01. The molecule has 1 N–H and O–H groups in total. The first-order chi connectivity index (χ1) is 9.69. The monoisotopic (exact) mass is 340 g/mol. The molecule has 1 fully saturated rings. The van der Waals surface area contributed by atoms with Gasteiger partial charge in [-0.2, -0.15) is 0 Å². The van der Waals surface area contributed by atoms with Crippen molar-refractivity contribution in [2.45, 2.75) is 37.8 Å². The highest BCUT2D eigenvalue weighted by atomic mass is 79.9. The Morgan fingerprint density at radius 1 is 1.20 bits per heavy atom. The van der Waals surface area contributed by atoms with Crippen LogP contribution in [0.1, 0.15) is 25.7 Å². The molecule has 1 aliphatic rings. The summed E-state index contributed by atoms with van der Waals surface area (Å²) in [7, 11) is 4.29. The number of nitrogens with one attached hydrogen (secondary N) is 1. The highest BCUT2D eigenvalue weighted by Crippen LogP contribution is 2.22. The predicted molar refractivity (Wildman–Crippen MR) is 87.4 cm³/mol. The third-order valence-electron chi connectivity index (χ3n) is 4.25. The second-order valence-corrected chi connectivity index (χ2v) is 6.49. The van der Waals surface area contributed by atoms with Crippen molar-refractivity contribution in [3.05, 3.63) is 28.7 Å². The number of hydrogen-bond acceptors (Lipinski definition) is 3. The van der Waals surface area contributed by atoms with Crippen LogP contribution >= 0.6 is 15.9 Å². The minimum Gasteiger partial charge on any atom is -0.492 e. The molecule has 0 amide bonds. The van der Waals surface area contributed by atoms with Crippen molar-refractivity contribution in [2.24, 2.45) is 0 Å². The maximum Gasteiger partial charge on any atom is 0.119 e. The van der Waals surface area contributed by atoms with Crippen molar-refractivity contribution in [1.82, 2.24) is 10.2 Å². The Morgan fingerprint density at radius 3 is 2.45 bits per heavy atom. The van der Waals surface area contributed by atoms with Gasteiger partial charge in [0, 0.05) is 23.1 Å². The zero-order valence-electron chi connectivity index (χ0n) is 12.4. The SMILES string of the molecule is CNC1CCC(N(C)CCOc2ccc(Br)cc2)CC1. The summed E-state index contributed by atoms with van der Waals surface area (Å²) in [6.07, 6.45) is 5.17. The molecule has 0 bridgehead atoms. The topological polar surface area (TPSA) is 24.5 Å². The van der Waals surface area contributed by atoms with E-state index in [1.54, 1.807) is 0 Å². The van der Waals surface area contributed by atoms with Crippen LogP contribution in [-0.2, 0) is 0 Å². The van der Waals surface area contributed by atoms with Crippen molar-refractivity contribution in [3.63, 3.8) is 0 Å². The fraction of sp³-hybridized carbons (Fsp3) is 0.625. The van der Waals surface area contributed by atoms with Crippen LogP contribution in [0.15, 0.2) is 28.7 Å². The van der Waals surface area contributed by atoms with E-state index in [1.165, 1.54) is 25.7 Å². The Morgan fingerprint density at radius 2 is 1.85 bits per heavy atom. The highest BCUT2D eigenvalue weighted by Gasteiger charge is 2.22.